The molecule has 0 saturated heterocycles. The van der Waals surface area contributed by atoms with Crippen LogP contribution in [0, 0.1) is 0 Å². The first-order valence-corrected chi connectivity index (χ1v) is 9.41. The molecule has 0 aliphatic rings. The lowest BCUT2D eigenvalue weighted by Gasteiger charge is -2.08. The predicted octanol–water partition coefficient (Wildman–Crippen LogP) is 7.04. The van der Waals surface area contributed by atoms with Crippen LogP contribution in [0.15, 0.2) is 103 Å². The molecule has 0 bridgehead atoms. The number of carbonyl (C=O) groups is 1. The Balaban J connectivity index is 1.61. The largest absolute Gasteiger partial charge is 0.289 e. The van der Waals surface area contributed by atoms with Crippen molar-refractivity contribution in [3.63, 3.8) is 0 Å². The predicted molar refractivity (Wildman–Crippen MR) is 119 cm³/mol. The van der Waals surface area contributed by atoms with Crippen molar-refractivity contribution in [2.24, 2.45) is 0 Å². The Morgan fingerprint density at radius 1 is 0.571 bits per heavy atom. The molecule has 0 atom stereocenters. The van der Waals surface area contributed by atoms with Crippen molar-refractivity contribution in [2.75, 3.05) is 0 Å². The lowest BCUT2D eigenvalue weighted by Crippen LogP contribution is -1.94. The molecule has 0 saturated carbocycles. The molecule has 0 fully saturated rings. The Kier molecular flexibility index (Phi) is 3.99. The highest BCUT2D eigenvalue weighted by Gasteiger charge is 2.07. The van der Waals surface area contributed by atoms with Gasteiger partial charge in [-0.3, -0.25) is 4.79 Å². The van der Waals surface area contributed by atoms with Crippen LogP contribution in [0.1, 0.15) is 15.9 Å². The molecular weight excluding hydrogens is 340 g/mol. The summed E-state index contributed by atoms with van der Waals surface area (Å²) in [5.74, 6) is 0.0165. The van der Waals surface area contributed by atoms with Gasteiger partial charge in [-0.05, 0) is 62.2 Å². The van der Waals surface area contributed by atoms with E-state index in [4.69, 9.17) is 0 Å². The van der Waals surface area contributed by atoms with E-state index in [2.05, 4.69) is 36.4 Å². The van der Waals surface area contributed by atoms with Gasteiger partial charge in [0.15, 0.2) is 5.78 Å². The normalized spacial score (nSPS) is 11.6. The average molecular weight is 358 g/mol. The molecule has 0 unspecified atom stereocenters. The number of hydrogen-bond acceptors (Lipinski definition) is 1. The first-order chi connectivity index (χ1) is 13.8. The lowest BCUT2D eigenvalue weighted by atomic mass is 9.96. The van der Waals surface area contributed by atoms with E-state index in [1.165, 1.54) is 10.8 Å². The summed E-state index contributed by atoms with van der Waals surface area (Å²) in [5, 5.41) is 6.89. The molecule has 0 heterocycles. The topological polar surface area (TPSA) is 17.1 Å². The van der Waals surface area contributed by atoms with Gasteiger partial charge in [0.1, 0.15) is 0 Å². The highest BCUT2D eigenvalue weighted by atomic mass is 16.1. The SMILES string of the molecule is O=C(C=Cc1c2ccccc2cc2ccccc12)c1ccc2ccccc2c1. The molecule has 5 aromatic carbocycles. The van der Waals surface area contributed by atoms with Crippen molar-refractivity contribution >= 4 is 44.2 Å². The van der Waals surface area contributed by atoms with Crippen LogP contribution in [-0.4, -0.2) is 5.78 Å². The summed E-state index contributed by atoms with van der Waals surface area (Å²) in [5.41, 5.74) is 1.79. The maximum Gasteiger partial charge on any atom is 0.185 e. The van der Waals surface area contributed by atoms with Gasteiger partial charge in [-0.25, -0.2) is 0 Å². The monoisotopic (exact) mass is 358 g/mol. The Morgan fingerprint density at radius 3 is 1.82 bits per heavy atom. The second-order valence-corrected chi connectivity index (χ2v) is 6.99. The third-order valence-electron chi connectivity index (χ3n) is 5.25. The molecule has 0 aliphatic heterocycles. The standard InChI is InChI=1S/C27H18O/c28-27(23-14-13-19-7-1-2-8-20(19)17-23)16-15-26-24-11-5-3-9-21(24)18-22-10-4-6-12-25(22)26/h1-18H. The Hall–Kier alpha value is -3.71. The van der Waals surface area contributed by atoms with E-state index >= 15 is 0 Å². The third kappa shape index (κ3) is 2.87. The van der Waals surface area contributed by atoms with Gasteiger partial charge in [-0.1, -0.05) is 84.9 Å². The van der Waals surface area contributed by atoms with E-state index in [9.17, 15) is 4.79 Å². The molecule has 0 aromatic heterocycles. The van der Waals surface area contributed by atoms with Crippen LogP contribution < -0.4 is 0 Å². The maximum absolute atomic E-state index is 12.8. The highest BCUT2D eigenvalue weighted by molar-refractivity contribution is 6.12. The molecule has 28 heavy (non-hydrogen) atoms. The number of fused-ring (bicyclic) bond motifs is 3. The number of benzene rings is 5. The molecule has 5 rings (SSSR count). The van der Waals surface area contributed by atoms with E-state index < -0.39 is 0 Å². The van der Waals surface area contributed by atoms with Gasteiger partial charge in [0.05, 0.1) is 0 Å². The van der Waals surface area contributed by atoms with Crippen LogP contribution >= 0.6 is 0 Å². The summed E-state index contributed by atoms with van der Waals surface area (Å²) in [6, 6.07) is 32.8. The van der Waals surface area contributed by atoms with Crippen LogP contribution in [0.3, 0.4) is 0 Å². The van der Waals surface area contributed by atoms with Gasteiger partial charge in [-0.15, -0.1) is 0 Å². The summed E-state index contributed by atoms with van der Waals surface area (Å²) in [7, 11) is 0. The Bertz CT molecular complexity index is 1320. The van der Waals surface area contributed by atoms with Crippen LogP contribution in [0.5, 0.6) is 0 Å². The minimum absolute atomic E-state index is 0.0165. The number of allylic oxidation sites excluding steroid dienone is 1. The summed E-state index contributed by atoms with van der Waals surface area (Å²) in [4.78, 5) is 12.8. The summed E-state index contributed by atoms with van der Waals surface area (Å²) < 4.78 is 0. The van der Waals surface area contributed by atoms with Gasteiger partial charge >= 0.3 is 0 Å². The number of carbonyl (C=O) groups excluding carboxylic acids is 1. The van der Waals surface area contributed by atoms with Crippen LogP contribution in [0.2, 0.25) is 0 Å². The van der Waals surface area contributed by atoms with Crippen molar-refractivity contribution in [1.29, 1.82) is 0 Å². The Morgan fingerprint density at radius 2 is 1.14 bits per heavy atom. The fourth-order valence-corrected chi connectivity index (χ4v) is 3.83. The maximum atomic E-state index is 12.8. The molecule has 1 heteroatoms. The van der Waals surface area contributed by atoms with Crippen LogP contribution in [-0.2, 0) is 0 Å². The minimum Gasteiger partial charge on any atom is -0.289 e. The smallest absolute Gasteiger partial charge is 0.185 e. The Labute approximate surface area is 163 Å². The molecule has 0 radical (unpaired) electrons. The first kappa shape index (κ1) is 16.5. The first-order valence-electron chi connectivity index (χ1n) is 9.41. The van der Waals surface area contributed by atoms with Gasteiger partial charge in [0.2, 0.25) is 0 Å². The zero-order valence-electron chi connectivity index (χ0n) is 15.3. The van der Waals surface area contributed by atoms with E-state index in [1.54, 1.807) is 6.08 Å². The van der Waals surface area contributed by atoms with Gasteiger partial charge in [-0.2, -0.15) is 0 Å². The van der Waals surface area contributed by atoms with Crippen molar-refractivity contribution < 1.29 is 4.79 Å². The summed E-state index contributed by atoms with van der Waals surface area (Å²) >= 11 is 0. The molecule has 132 valence electrons. The fourth-order valence-electron chi connectivity index (χ4n) is 3.83. The van der Waals surface area contributed by atoms with E-state index in [1.807, 2.05) is 66.7 Å². The number of rotatable bonds is 3. The molecule has 0 amide bonds. The van der Waals surface area contributed by atoms with Crippen molar-refractivity contribution in [2.45, 2.75) is 0 Å². The zero-order chi connectivity index (χ0) is 18.9. The molecule has 0 N–H and O–H groups in total. The number of hydrogen-bond donors (Lipinski definition) is 0. The van der Waals surface area contributed by atoms with Crippen LogP contribution in [0.4, 0.5) is 0 Å². The van der Waals surface area contributed by atoms with Gasteiger partial charge < -0.3 is 0 Å². The van der Waals surface area contributed by atoms with Crippen molar-refractivity contribution in [3.8, 4) is 0 Å². The molecule has 0 spiro atoms. The molecule has 1 nitrogen and oxygen atoms in total. The molecular formula is C27H18O. The zero-order valence-corrected chi connectivity index (χ0v) is 15.3. The summed E-state index contributed by atoms with van der Waals surface area (Å²) in [6.07, 6.45) is 3.65. The second kappa shape index (κ2) is 6.79. The van der Waals surface area contributed by atoms with E-state index in [0.29, 0.717) is 5.56 Å². The van der Waals surface area contributed by atoms with Gasteiger partial charge in [0, 0.05) is 5.56 Å². The molecule has 5 aromatic rings. The highest BCUT2D eigenvalue weighted by Crippen LogP contribution is 2.29. The molecule has 0 aliphatic carbocycles. The lowest BCUT2D eigenvalue weighted by molar-refractivity contribution is 0.104. The second-order valence-electron chi connectivity index (χ2n) is 6.99. The van der Waals surface area contributed by atoms with E-state index in [-0.39, 0.29) is 5.78 Å². The fraction of sp³-hybridized carbons (Fsp3) is 0. The van der Waals surface area contributed by atoms with Crippen molar-refractivity contribution in [1.82, 2.24) is 0 Å². The third-order valence-corrected chi connectivity index (χ3v) is 5.25. The van der Waals surface area contributed by atoms with Crippen LogP contribution in [0.25, 0.3) is 38.4 Å². The van der Waals surface area contributed by atoms with E-state index in [0.717, 1.165) is 27.1 Å². The average Bonchev–Trinajstić information content (AvgIpc) is 2.76. The summed E-state index contributed by atoms with van der Waals surface area (Å²) in [6.45, 7) is 0. The van der Waals surface area contributed by atoms with Gasteiger partial charge in [0.25, 0.3) is 0 Å². The number of ketones is 1. The van der Waals surface area contributed by atoms with Crippen molar-refractivity contribution in [3.05, 3.63) is 114 Å². The minimum atomic E-state index is 0.0165. The quantitative estimate of drug-likeness (QED) is 0.192.